The summed E-state index contributed by atoms with van der Waals surface area (Å²) in [7, 11) is 0. The van der Waals surface area contributed by atoms with Crippen LogP contribution in [-0.4, -0.2) is 55.4 Å². The highest BCUT2D eigenvalue weighted by atomic mass is 35.5. The highest BCUT2D eigenvalue weighted by molar-refractivity contribution is 6.30. The summed E-state index contributed by atoms with van der Waals surface area (Å²) in [5, 5.41) is 4.42. The van der Waals surface area contributed by atoms with E-state index in [4.69, 9.17) is 35.3 Å². The SMILES string of the molecule is CC1(c2ccc(Cl)cn2)Oc2cccc(C3CCN(Cc4nc5ccc(-c6noc(=O)[nH]6)cc5n4C[C@@H]4CCO4)C3)c2O1. The number of ether oxygens (including phenoxy) is 3. The number of halogens is 1. The van der Waals surface area contributed by atoms with Gasteiger partial charge in [0, 0.05) is 43.3 Å². The molecule has 6 heterocycles. The zero-order valence-corrected chi connectivity index (χ0v) is 24.2. The Balaban J connectivity index is 1.05. The molecule has 0 saturated carbocycles. The van der Waals surface area contributed by atoms with Crippen LogP contribution in [0.3, 0.4) is 0 Å². The number of likely N-dealkylation sites (tertiary alicyclic amines) is 1. The van der Waals surface area contributed by atoms with Gasteiger partial charge in [-0.25, -0.2) is 9.78 Å². The summed E-state index contributed by atoms with van der Waals surface area (Å²) in [6.45, 7) is 5.88. The van der Waals surface area contributed by atoms with Crippen LogP contribution in [0.15, 0.2) is 64.0 Å². The van der Waals surface area contributed by atoms with Crippen LogP contribution in [-0.2, 0) is 23.6 Å². The maximum Gasteiger partial charge on any atom is 0.439 e. The van der Waals surface area contributed by atoms with Crippen LogP contribution in [0.5, 0.6) is 11.5 Å². The Morgan fingerprint density at radius 3 is 2.81 bits per heavy atom. The fraction of sp³-hybridized carbons (Fsp3) is 0.355. The van der Waals surface area contributed by atoms with E-state index in [0.717, 1.165) is 78.6 Å². The zero-order valence-electron chi connectivity index (χ0n) is 23.5. The molecular weight excluding hydrogens is 572 g/mol. The Morgan fingerprint density at radius 2 is 2.05 bits per heavy atom. The van der Waals surface area contributed by atoms with Gasteiger partial charge in [0.15, 0.2) is 17.3 Å². The van der Waals surface area contributed by atoms with Crippen molar-refractivity contribution in [3.05, 3.63) is 87.4 Å². The molecule has 12 heteroatoms. The Bertz CT molecular complexity index is 1880. The van der Waals surface area contributed by atoms with E-state index in [1.165, 1.54) is 0 Å². The summed E-state index contributed by atoms with van der Waals surface area (Å²) < 4.78 is 25.5. The number of para-hydroxylation sites is 1. The van der Waals surface area contributed by atoms with Crippen LogP contribution >= 0.6 is 11.6 Å². The molecule has 3 aliphatic rings. The summed E-state index contributed by atoms with van der Waals surface area (Å²) in [5.41, 5.74) is 4.44. The standard InChI is InChI=1S/C31H29ClN6O5/c1-31(26-8-6-20(32)14-33-26)41-25-4-2-3-22(28(25)42-31)19-9-11-37(15-19)17-27-34-23-7-5-18(29-35-30(39)43-36-29)13-24(23)38(27)16-21-10-12-40-21/h2-8,13-14,19,21H,9-12,15-17H2,1H3,(H,35,36,39)/t19?,21-,31?/m0/s1. The molecule has 0 radical (unpaired) electrons. The number of nitrogens with zero attached hydrogens (tertiary/aromatic N) is 5. The van der Waals surface area contributed by atoms with Crippen LogP contribution < -0.4 is 15.2 Å². The lowest BCUT2D eigenvalue weighted by atomic mass is 9.97. The van der Waals surface area contributed by atoms with E-state index in [9.17, 15) is 4.79 Å². The van der Waals surface area contributed by atoms with E-state index in [1.807, 2.05) is 43.3 Å². The summed E-state index contributed by atoms with van der Waals surface area (Å²) in [4.78, 5) is 26.1. The lowest BCUT2D eigenvalue weighted by Crippen LogP contribution is -2.32. The number of aromatic nitrogens is 5. The molecule has 8 rings (SSSR count). The number of pyridine rings is 1. The third kappa shape index (κ3) is 4.77. The van der Waals surface area contributed by atoms with Gasteiger partial charge < -0.3 is 18.8 Å². The van der Waals surface area contributed by atoms with Crippen LogP contribution in [0.1, 0.15) is 42.8 Å². The molecule has 2 fully saturated rings. The Hall–Kier alpha value is -4.19. The maximum absolute atomic E-state index is 11.5. The zero-order chi connectivity index (χ0) is 29.1. The molecule has 2 aromatic carbocycles. The molecule has 0 spiro atoms. The van der Waals surface area contributed by atoms with Crippen LogP contribution in [0, 0.1) is 0 Å². The van der Waals surface area contributed by atoms with Gasteiger partial charge in [0.1, 0.15) is 11.5 Å². The van der Waals surface area contributed by atoms with E-state index in [2.05, 4.69) is 30.7 Å². The van der Waals surface area contributed by atoms with E-state index in [-0.39, 0.29) is 12.0 Å². The van der Waals surface area contributed by atoms with Crippen molar-refractivity contribution in [1.29, 1.82) is 0 Å². The predicted molar refractivity (Wildman–Crippen MR) is 157 cm³/mol. The average molecular weight is 601 g/mol. The van der Waals surface area contributed by atoms with Gasteiger partial charge in [0.05, 0.1) is 35.2 Å². The minimum atomic E-state index is -1.02. The molecule has 43 heavy (non-hydrogen) atoms. The molecule has 0 amide bonds. The number of nitrogens with one attached hydrogen (secondary N) is 1. The molecule has 3 atom stereocenters. The van der Waals surface area contributed by atoms with Gasteiger partial charge in [0.25, 0.3) is 5.79 Å². The second kappa shape index (κ2) is 10.2. The number of benzene rings is 2. The summed E-state index contributed by atoms with van der Waals surface area (Å²) in [6.07, 6.45) is 3.78. The molecule has 3 aromatic heterocycles. The van der Waals surface area contributed by atoms with Gasteiger partial charge in [0.2, 0.25) is 0 Å². The molecule has 2 unspecified atom stereocenters. The number of hydrogen-bond donors (Lipinski definition) is 1. The van der Waals surface area contributed by atoms with Crippen molar-refractivity contribution < 1.29 is 18.7 Å². The highest BCUT2D eigenvalue weighted by Gasteiger charge is 2.42. The maximum atomic E-state index is 11.5. The number of H-pyrrole nitrogens is 1. The van der Waals surface area contributed by atoms with Crippen molar-refractivity contribution in [2.75, 3.05) is 19.7 Å². The number of fused-ring (bicyclic) bond motifs is 2. The molecule has 2 saturated heterocycles. The molecule has 0 bridgehead atoms. The van der Waals surface area contributed by atoms with Gasteiger partial charge in [-0.05, 0) is 55.8 Å². The first-order valence-corrected chi connectivity index (χ1v) is 14.8. The minimum Gasteiger partial charge on any atom is -0.443 e. The second-order valence-corrected chi connectivity index (χ2v) is 11.9. The number of hydrogen-bond acceptors (Lipinski definition) is 9. The van der Waals surface area contributed by atoms with Gasteiger partial charge >= 0.3 is 5.76 Å². The summed E-state index contributed by atoms with van der Waals surface area (Å²) in [6, 6.07) is 15.6. The van der Waals surface area contributed by atoms with E-state index in [1.54, 1.807) is 12.3 Å². The Morgan fingerprint density at radius 1 is 1.14 bits per heavy atom. The first kappa shape index (κ1) is 26.4. The van der Waals surface area contributed by atoms with Crippen molar-refractivity contribution in [3.63, 3.8) is 0 Å². The number of rotatable bonds is 7. The minimum absolute atomic E-state index is 0.159. The smallest absolute Gasteiger partial charge is 0.439 e. The van der Waals surface area contributed by atoms with Crippen LogP contribution in [0.25, 0.3) is 22.4 Å². The van der Waals surface area contributed by atoms with Gasteiger partial charge in [-0.1, -0.05) is 28.9 Å². The van der Waals surface area contributed by atoms with E-state index < -0.39 is 11.5 Å². The third-order valence-corrected chi connectivity index (χ3v) is 8.82. The highest BCUT2D eigenvalue weighted by Crippen LogP contribution is 2.49. The normalized spacial score (nSPS) is 23.2. The largest absolute Gasteiger partial charge is 0.443 e. The number of imidazole rings is 1. The van der Waals surface area contributed by atoms with Crippen molar-refractivity contribution in [3.8, 4) is 22.9 Å². The van der Waals surface area contributed by atoms with Gasteiger partial charge in [-0.15, -0.1) is 0 Å². The third-order valence-electron chi connectivity index (χ3n) is 8.60. The molecule has 11 nitrogen and oxygen atoms in total. The molecule has 1 N–H and O–H groups in total. The van der Waals surface area contributed by atoms with Crippen molar-refractivity contribution in [1.82, 2.24) is 29.6 Å². The van der Waals surface area contributed by atoms with Gasteiger partial charge in [-0.2, -0.15) is 0 Å². The average Bonchev–Trinajstić information content (AvgIpc) is 3.76. The van der Waals surface area contributed by atoms with Gasteiger partial charge in [-0.3, -0.25) is 19.4 Å². The topological polar surface area (TPSA) is 121 Å². The van der Waals surface area contributed by atoms with Crippen molar-refractivity contribution in [2.45, 2.75) is 50.7 Å². The number of aromatic amines is 1. The quantitative estimate of drug-likeness (QED) is 0.279. The lowest BCUT2D eigenvalue weighted by Gasteiger charge is -2.28. The Labute approximate surface area is 251 Å². The predicted octanol–water partition coefficient (Wildman–Crippen LogP) is 4.85. The molecule has 5 aromatic rings. The monoisotopic (exact) mass is 600 g/mol. The van der Waals surface area contributed by atoms with Crippen LogP contribution in [0.2, 0.25) is 5.02 Å². The first-order valence-electron chi connectivity index (χ1n) is 14.4. The van der Waals surface area contributed by atoms with Crippen LogP contribution in [0.4, 0.5) is 0 Å². The lowest BCUT2D eigenvalue weighted by molar-refractivity contribution is -0.0721. The second-order valence-electron chi connectivity index (χ2n) is 11.5. The molecular formula is C31H29ClN6O5. The fourth-order valence-electron chi connectivity index (χ4n) is 6.28. The Kier molecular flexibility index (Phi) is 6.28. The van der Waals surface area contributed by atoms with E-state index >= 15 is 0 Å². The molecule has 3 aliphatic heterocycles. The first-order chi connectivity index (χ1) is 20.9. The molecule has 0 aliphatic carbocycles. The van der Waals surface area contributed by atoms with Crippen molar-refractivity contribution in [2.24, 2.45) is 0 Å². The summed E-state index contributed by atoms with van der Waals surface area (Å²) in [5.74, 6) is 1.56. The van der Waals surface area contributed by atoms with E-state index in [0.29, 0.717) is 23.1 Å². The molecule has 220 valence electrons. The van der Waals surface area contributed by atoms with Crippen molar-refractivity contribution >= 4 is 22.6 Å². The fourth-order valence-corrected chi connectivity index (χ4v) is 6.39. The summed E-state index contributed by atoms with van der Waals surface area (Å²) >= 11 is 6.06.